The molecule has 0 amide bonds. The molecule has 2 aromatic rings. The zero-order chi connectivity index (χ0) is 13.3. The fourth-order valence-corrected chi connectivity index (χ4v) is 2.19. The van der Waals surface area contributed by atoms with E-state index in [-0.39, 0.29) is 5.15 Å². The van der Waals surface area contributed by atoms with Gasteiger partial charge in [-0.25, -0.2) is 4.98 Å². The summed E-state index contributed by atoms with van der Waals surface area (Å²) >= 11 is 5.98. The molecule has 1 aromatic carbocycles. The highest BCUT2D eigenvalue weighted by Gasteiger charge is 2.15. The van der Waals surface area contributed by atoms with Crippen molar-refractivity contribution >= 4 is 28.8 Å². The molecule has 1 aromatic heterocycles. The van der Waals surface area contributed by atoms with Crippen LogP contribution in [-0.2, 0) is 0 Å². The third-order valence-electron chi connectivity index (χ3n) is 2.85. The van der Waals surface area contributed by atoms with Gasteiger partial charge in [0.25, 0.3) is 0 Å². The van der Waals surface area contributed by atoms with Crippen molar-refractivity contribution in [2.45, 2.75) is 6.92 Å². The zero-order valence-corrected chi connectivity index (χ0v) is 11.0. The lowest BCUT2D eigenvalue weighted by Crippen LogP contribution is -1.97. The predicted molar refractivity (Wildman–Crippen MR) is 70.0 cm³/mol. The first-order chi connectivity index (χ1) is 8.62. The Morgan fingerprint density at radius 2 is 2.00 bits per heavy atom. The summed E-state index contributed by atoms with van der Waals surface area (Å²) in [5, 5.41) is 0.954. The summed E-state index contributed by atoms with van der Waals surface area (Å²) in [6.07, 6.45) is 0.702. The van der Waals surface area contributed by atoms with Crippen LogP contribution >= 0.6 is 11.6 Å². The van der Waals surface area contributed by atoms with Crippen molar-refractivity contribution in [3.05, 3.63) is 28.4 Å². The Balaban J connectivity index is 2.91. The lowest BCUT2D eigenvalue weighted by Gasteiger charge is -2.12. The smallest absolute Gasteiger partial charge is 0.153 e. The molecule has 0 aliphatic heterocycles. The van der Waals surface area contributed by atoms with E-state index >= 15 is 0 Å². The first-order valence-electron chi connectivity index (χ1n) is 5.29. The van der Waals surface area contributed by atoms with E-state index in [1.807, 2.05) is 6.92 Å². The van der Waals surface area contributed by atoms with Crippen LogP contribution in [0.1, 0.15) is 15.9 Å². The van der Waals surface area contributed by atoms with Gasteiger partial charge >= 0.3 is 0 Å². The Labute approximate surface area is 109 Å². The summed E-state index contributed by atoms with van der Waals surface area (Å²) in [4.78, 5) is 15.2. The third-order valence-corrected chi connectivity index (χ3v) is 3.14. The second-order valence-electron chi connectivity index (χ2n) is 3.78. The third kappa shape index (κ3) is 1.88. The fourth-order valence-electron chi connectivity index (χ4n) is 1.91. The SMILES string of the molecule is COc1cc(OC)c2c(C)c(C=O)c(Cl)nc2c1. The molecule has 2 rings (SSSR count). The second-order valence-corrected chi connectivity index (χ2v) is 4.14. The molecule has 0 radical (unpaired) electrons. The summed E-state index contributed by atoms with van der Waals surface area (Å²) in [6.45, 7) is 1.81. The Morgan fingerprint density at radius 1 is 1.28 bits per heavy atom. The molecule has 0 atom stereocenters. The maximum atomic E-state index is 11.0. The van der Waals surface area contributed by atoms with Gasteiger partial charge in [0.15, 0.2) is 6.29 Å². The number of hydrogen-bond acceptors (Lipinski definition) is 4. The van der Waals surface area contributed by atoms with Crippen molar-refractivity contribution in [1.82, 2.24) is 4.98 Å². The molecule has 94 valence electrons. The highest BCUT2D eigenvalue weighted by atomic mass is 35.5. The van der Waals surface area contributed by atoms with Crippen LogP contribution < -0.4 is 9.47 Å². The molecule has 0 spiro atoms. The molecule has 0 bridgehead atoms. The average Bonchev–Trinajstić information content (AvgIpc) is 2.37. The Kier molecular flexibility index (Phi) is 3.39. The molecule has 0 aliphatic rings. The van der Waals surface area contributed by atoms with E-state index in [1.54, 1.807) is 26.4 Å². The summed E-state index contributed by atoms with van der Waals surface area (Å²) in [7, 11) is 3.12. The fraction of sp³-hybridized carbons (Fsp3) is 0.231. The van der Waals surface area contributed by atoms with Crippen LogP contribution in [0.25, 0.3) is 10.9 Å². The molecule has 5 heteroatoms. The Morgan fingerprint density at radius 3 is 2.56 bits per heavy atom. The van der Waals surface area contributed by atoms with Crippen molar-refractivity contribution in [2.75, 3.05) is 14.2 Å². The Hall–Kier alpha value is -1.81. The number of ether oxygens (including phenoxy) is 2. The summed E-state index contributed by atoms with van der Waals surface area (Å²) in [6, 6.07) is 3.50. The standard InChI is InChI=1S/C13H12ClNO3/c1-7-9(6-16)13(14)15-10-4-8(17-2)5-11(18-3)12(7)10/h4-6H,1-3H3. The van der Waals surface area contributed by atoms with Gasteiger partial charge in [0.1, 0.15) is 16.7 Å². The number of aryl methyl sites for hydroxylation is 1. The van der Waals surface area contributed by atoms with Gasteiger partial charge < -0.3 is 9.47 Å². The minimum Gasteiger partial charge on any atom is -0.497 e. The number of fused-ring (bicyclic) bond motifs is 1. The summed E-state index contributed by atoms with van der Waals surface area (Å²) < 4.78 is 10.5. The number of nitrogens with zero attached hydrogens (tertiary/aromatic N) is 1. The highest BCUT2D eigenvalue weighted by Crippen LogP contribution is 2.35. The van der Waals surface area contributed by atoms with E-state index < -0.39 is 0 Å². The van der Waals surface area contributed by atoms with Crippen molar-refractivity contribution in [3.63, 3.8) is 0 Å². The molecular weight excluding hydrogens is 254 g/mol. The van der Waals surface area contributed by atoms with Crippen molar-refractivity contribution < 1.29 is 14.3 Å². The molecule has 0 saturated carbocycles. The first-order valence-corrected chi connectivity index (χ1v) is 5.67. The quantitative estimate of drug-likeness (QED) is 0.632. The van der Waals surface area contributed by atoms with Crippen LogP contribution in [0.2, 0.25) is 5.15 Å². The van der Waals surface area contributed by atoms with Gasteiger partial charge in [-0.15, -0.1) is 0 Å². The summed E-state index contributed by atoms with van der Waals surface area (Å²) in [5.74, 6) is 1.23. The van der Waals surface area contributed by atoms with E-state index in [9.17, 15) is 4.79 Å². The number of benzene rings is 1. The van der Waals surface area contributed by atoms with Crippen LogP contribution in [0, 0.1) is 6.92 Å². The number of methoxy groups -OCH3 is 2. The molecule has 4 nitrogen and oxygen atoms in total. The van der Waals surface area contributed by atoms with Gasteiger partial charge in [0.2, 0.25) is 0 Å². The van der Waals surface area contributed by atoms with Gasteiger partial charge in [-0.05, 0) is 12.5 Å². The van der Waals surface area contributed by atoms with Crippen molar-refractivity contribution in [2.24, 2.45) is 0 Å². The molecular formula is C13H12ClNO3. The molecule has 0 N–H and O–H groups in total. The van der Waals surface area contributed by atoms with Crippen LogP contribution in [0.4, 0.5) is 0 Å². The van der Waals surface area contributed by atoms with Crippen LogP contribution in [0.3, 0.4) is 0 Å². The van der Waals surface area contributed by atoms with Crippen molar-refractivity contribution in [3.8, 4) is 11.5 Å². The number of carbonyl (C=O) groups is 1. The number of rotatable bonds is 3. The normalized spacial score (nSPS) is 10.4. The largest absolute Gasteiger partial charge is 0.497 e. The number of pyridine rings is 1. The first kappa shape index (κ1) is 12.6. The van der Waals surface area contributed by atoms with Crippen molar-refractivity contribution in [1.29, 1.82) is 0 Å². The number of halogens is 1. The second kappa shape index (κ2) is 4.82. The predicted octanol–water partition coefficient (Wildman–Crippen LogP) is 3.03. The molecule has 0 fully saturated rings. The lowest BCUT2D eigenvalue weighted by molar-refractivity contribution is 0.112. The van der Waals surface area contributed by atoms with Gasteiger partial charge in [0.05, 0.1) is 25.3 Å². The zero-order valence-electron chi connectivity index (χ0n) is 10.3. The minimum absolute atomic E-state index is 0.185. The molecule has 0 unspecified atom stereocenters. The summed E-state index contributed by atoms with van der Waals surface area (Å²) in [5.41, 5.74) is 1.77. The van der Waals surface area contributed by atoms with E-state index in [2.05, 4.69) is 4.98 Å². The van der Waals surface area contributed by atoms with E-state index in [0.717, 1.165) is 10.9 Å². The van der Waals surface area contributed by atoms with Gasteiger partial charge in [0, 0.05) is 17.5 Å². The van der Waals surface area contributed by atoms with E-state index in [4.69, 9.17) is 21.1 Å². The molecule has 1 heterocycles. The van der Waals surface area contributed by atoms with E-state index in [0.29, 0.717) is 28.9 Å². The molecule has 0 saturated heterocycles. The van der Waals surface area contributed by atoms with Gasteiger partial charge in [-0.1, -0.05) is 11.6 Å². The number of aromatic nitrogens is 1. The number of carbonyl (C=O) groups excluding carboxylic acids is 1. The molecule has 18 heavy (non-hydrogen) atoms. The van der Waals surface area contributed by atoms with Gasteiger partial charge in [-0.3, -0.25) is 4.79 Å². The monoisotopic (exact) mass is 265 g/mol. The highest BCUT2D eigenvalue weighted by molar-refractivity contribution is 6.32. The maximum Gasteiger partial charge on any atom is 0.153 e. The van der Waals surface area contributed by atoms with Crippen LogP contribution in [0.15, 0.2) is 12.1 Å². The van der Waals surface area contributed by atoms with E-state index in [1.165, 1.54) is 0 Å². The lowest BCUT2D eigenvalue weighted by atomic mass is 10.0. The Bertz CT molecular complexity index is 625. The maximum absolute atomic E-state index is 11.0. The number of hydrogen-bond donors (Lipinski definition) is 0. The topological polar surface area (TPSA) is 48.4 Å². The van der Waals surface area contributed by atoms with Gasteiger partial charge in [-0.2, -0.15) is 0 Å². The van der Waals surface area contributed by atoms with Crippen LogP contribution in [0.5, 0.6) is 11.5 Å². The van der Waals surface area contributed by atoms with Crippen LogP contribution in [-0.4, -0.2) is 25.5 Å². The molecule has 0 aliphatic carbocycles. The average molecular weight is 266 g/mol. The minimum atomic E-state index is 0.185. The number of aldehydes is 1.